The number of hydrogen-bond acceptors (Lipinski definition) is 2. The number of nitrogens with zero attached hydrogens (tertiary/aromatic N) is 1. The van der Waals surface area contributed by atoms with Crippen molar-refractivity contribution in [2.75, 3.05) is 0 Å². The first kappa shape index (κ1) is 14.6. The molecule has 2 N–H and O–H groups in total. The van der Waals surface area contributed by atoms with E-state index in [4.69, 9.17) is 35.4 Å². The molecule has 1 aliphatic rings. The Morgan fingerprint density at radius 1 is 1.14 bits per heavy atom. The summed E-state index contributed by atoms with van der Waals surface area (Å²) in [5.41, 5.74) is 1.71. The molecule has 1 aliphatic heterocycles. The molecule has 21 heavy (non-hydrogen) atoms. The quantitative estimate of drug-likeness (QED) is 0.645. The molecule has 3 nitrogen and oxygen atoms in total. The van der Waals surface area contributed by atoms with Gasteiger partial charge in [0.05, 0.1) is 11.6 Å². The van der Waals surface area contributed by atoms with Gasteiger partial charge in [-0.15, -0.1) is 0 Å². The topological polar surface area (TPSA) is 37.0 Å². The van der Waals surface area contributed by atoms with Crippen molar-refractivity contribution >= 4 is 40.5 Å². The summed E-state index contributed by atoms with van der Waals surface area (Å²) in [6.45, 7) is 2.09. The maximum Gasteiger partial charge on any atom is 0.167 e. The second-order valence-electron chi connectivity index (χ2n) is 5.15. The monoisotopic (exact) mass is 337 g/mol. The number of nitrogens with one attached hydrogen (secondary N) is 2. The summed E-state index contributed by atoms with van der Waals surface area (Å²) in [7, 11) is 0. The summed E-state index contributed by atoms with van der Waals surface area (Å²) < 4.78 is 0. The zero-order chi connectivity index (χ0) is 15.0. The third kappa shape index (κ3) is 2.71. The van der Waals surface area contributed by atoms with E-state index < -0.39 is 5.54 Å². The minimum atomic E-state index is -0.400. The molecule has 2 heterocycles. The van der Waals surface area contributed by atoms with Crippen LogP contribution in [0, 0.1) is 0 Å². The molecule has 6 heteroatoms. The van der Waals surface area contributed by atoms with Gasteiger partial charge in [0, 0.05) is 11.2 Å². The third-order valence-corrected chi connectivity index (χ3v) is 4.45. The van der Waals surface area contributed by atoms with Crippen LogP contribution in [-0.4, -0.2) is 10.1 Å². The van der Waals surface area contributed by atoms with E-state index in [1.165, 1.54) is 0 Å². The second-order valence-corrected chi connectivity index (χ2v) is 6.39. The van der Waals surface area contributed by atoms with Crippen LogP contribution >= 0.6 is 35.4 Å². The number of thiocarbonyl (C=S) groups is 1. The molecule has 2 atom stereocenters. The maximum atomic E-state index is 5.97. The fraction of sp³-hybridized carbons (Fsp3) is 0.200. The van der Waals surface area contributed by atoms with Gasteiger partial charge in [0.2, 0.25) is 0 Å². The van der Waals surface area contributed by atoms with Crippen molar-refractivity contribution < 1.29 is 0 Å². The third-order valence-electron chi connectivity index (χ3n) is 3.76. The number of hydrogen-bond donors (Lipinski definition) is 2. The molecule has 0 saturated carbocycles. The van der Waals surface area contributed by atoms with Crippen LogP contribution in [0.3, 0.4) is 0 Å². The van der Waals surface area contributed by atoms with E-state index in [9.17, 15) is 0 Å². The van der Waals surface area contributed by atoms with E-state index in [1.807, 2.05) is 30.3 Å². The van der Waals surface area contributed by atoms with E-state index in [2.05, 4.69) is 22.5 Å². The Kier molecular flexibility index (Phi) is 3.78. The van der Waals surface area contributed by atoms with Gasteiger partial charge in [0.25, 0.3) is 0 Å². The lowest BCUT2D eigenvalue weighted by Crippen LogP contribution is -2.39. The lowest BCUT2D eigenvalue weighted by atomic mass is 9.83. The molecular weight excluding hydrogens is 325 g/mol. The van der Waals surface area contributed by atoms with E-state index >= 15 is 0 Å². The summed E-state index contributed by atoms with van der Waals surface area (Å²) >= 11 is 17.1. The molecular formula is C15H13Cl2N3S. The average molecular weight is 338 g/mol. The number of pyridine rings is 1. The molecule has 0 amide bonds. The van der Waals surface area contributed by atoms with Crippen LogP contribution in [0.15, 0.2) is 42.6 Å². The number of rotatable bonds is 2. The fourth-order valence-corrected chi connectivity index (χ4v) is 3.18. The largest absolute Gasteiger partial charge is 0.353 e. The van der Waals surface area contributed by atoms with E-state index in [0.29, 0.717) is 15.3 Å². The van der Waals surface area contributed by atoms with Gasteiger partial charge in [-0.25, -0.2) is 4.98 Å². The molecule has 1 fully saturated rings. The molecule has 2 unspecified atom stereocenters. The zero-order valence-electron chi connectivity index (χ0n) is 11.2. The summed E-state index contributed by atoms with van der Waals surface area (Å²) in [6.07, 6.45) is 1.77. The molecule has 0 bridgehead atoms. The first-order valence-electron chi connectivity index (χ1n) is 6.45. The van der Waals surface area contributed by atoms with Crippen LogP contribution in [0.4, 0.5) is 0 Å². The van der Waals surface area contributed by atoms with Gasteiger partial charge in [-0.1, -0.05) is 41.4 Å². The number of aromatic nitrogens is 1. The van der Waals surface area contributed by atoms with E-state index in [0.717, 1.165) is 11.1 Å². The highest BCUT2D eigenvalue weighted by Crippen LogP contribution is 2.38. The van der Waals surface area contributed by atoms with Crippen LogP contribution < -0.4 is 10.6 Å². The van der Waals surface area contributed by atoms with Crippen molar-refractivity contribution in [2.45, 2.75) is 18.5 Å². The molecule has 1 aromatic carbocycles. The second kappa shape index (κ2) is 5.44. The van der Waals surface area contributed by atoms with Crippen molar-refractivity contribution in [1.82, 2.24) is 15.6 Å². The molecule has 1 saturated heterocycles. The van der Waals surface area contributed by atoms with Gasteiger partial charge in [-0.3, -0.25) is 0 Å². The van der Waals surface area contributed by atoms with Gasteiger partial charge in [-0.05, 0) is 48.5 Å². The van der Waals surface area contributed by atoms with Crippen molar-refractivity contribution in [3.05, 3.63) is 63.9 Å². The number of benzene rings is 1. The predicted octanol–water partition coefficient (Wildman–Crippen LogP) is 3.82. The summed E-state index contributed by atoms with van der Waals surface area (Å²) in [5.74, 6) is 0. The SMILES string of the molecule is CC1(c2ccc(Cl)nc2)NC(=S)NC1c1ccc(Cl)cc1. The van der Waals surface area contributed by atoms with Crippen LogP contribution in [0.1, 0.15) is 24.1 Å². The van der Waals surface area contributed by atoms with E-state index in [1.54, 1.807) is 12.3 Å². The highest BCUT2D eigenvalue weighted by Gasteiger charge is 2.43. The van der Waals surface area contributed by atoms with Crippen molar-refractivity contribution in [3.8, 4) is 0 Å². The van der Waals surface area contributed by atoms with Crippen molar-refractivity contribution in [3.63, 3.8) is 0 Å². The van der Waals surface area contributed by atoms with Crippen LogP contribution in [0.5, 0.6) is 0 Å². The molecule has 2 aromatic rings. The van der Waals surface area contributed by atoms with Crippen molar-refractivity contribution in [1.29, 1.82) is 0 Å². The lowest BCUT2D eigenvalue weighted by Gasteiger charge is -2.31. The molecule has 1 aromatic heterocycles. The molecule has 0 spiro atoms. The zero-order valence-corrected chi connectivity index (χ0v) is 13.6. The van der Waals surface area contributed by atoms with Crippen LogP contribution in [-0.2, 0) is 5.54 Å². The minimum Gasteiger partial charge on any atom is -0.353 e. The number of halogens is 2. The molecule has 0 aliphatic carbocycles. The smallest absolute Gasteiger partial charge is 0.167 e. The maximum absolute atomic E-state index is 5.97. The summed E-state index contributed by atoms with van der Waals surface area (Å²) in [6, 6.07) is 11.5. The van der Waals surface area contributed by atoms with Gasteiger partial charge in [0.15, 0.2) is 5.11 Å². The normalized spacial score (nSPS) is 24.5. The van der Waals surface area contributed by atoms with Crippen LogP contribution in [0.25, 0.3) is 0 Å². The fourth-order valence-electron chi connectivity index (χ4n) is 2.61. The Morgan fingerprint density at radius 2 is 1.86 bits per heavy atom. The Morgan fingerprint density at radius 3 is 2.48 bits per heavy atom. The minimum absolute atomic E-state index is 0.00904. The lowest BCUT2D eigenvalue weighted by molar-refractivity contribution is 0.378. The Labute approximate surface area is 138 Å². The van der Waals surface area contributed by atoms with Crippen molar-refractivity contribution in [2.24, 2.45) is 0 Å². The molecule has 3 rings (SSSR count). The average Bonchev–Trinajstić information content (AvgIpc) is 2.76. The summed E-state index contributed by atoms with van der Waals surface area (Å²) in [5, 5.41) is 8.44. The summed E-state index contributed by atoms with van der Waals surface area (Å²) in [4.78, 5) is 4.17. The van der Waals surface area contributed by atoms with Gasteiger partial charge >= 0.3 is 0 Å². The predicted molar refractivity (Wildman–Crippen MR) is 89.7 cm³/mol. The standard InChI is InChI=1S/C15H13Cl2N3S/c1-15(10-4-7-12(17)18-8-10)13(19-14(21)20-15)9-2-5-11(16)6-3-9/h2-8,13H,1H3,(H2,19,20,21). The molecule has 108 valence electrons. The van der Waals surface area contributed by atoms with Gasteiger partial charge in [-0.2, -0.15) is 0 Å². The highest BCUT2D eigenvalue weighted by molar-refractivity contribution is 7.80. The Hall–Kier alpha value is -1.36. The Bertz CT molecular complexity index is 672. The first-order chi connectivity index (χ1) is 9.99. The molecule has 0 radical (unpaired) electrons. The van der Waals surface area contributed by atoms with Gasteiger partial charge in [0.1, 0.15) is 5.15 Å². The van der Waals surface area contributed by atoms with Gasteiger partial charge < -0.3 is 10.6 Å². The van der Waals surface area contributed by atoms with Crippen LogP contribution in [0.2, 0.25) is 10.2 Å². The van der Waals surface area contributed by atoms with E-state index in [-0.39, 0.29) is 6.04 Å². The first-order valence-corrected chi connectivity index (χ1v) is 7.61. The highest BCUT2D eigenvalue weighted by atomic mass is 35.5. The Balaban J connectivity index is 2.04.